The van der Waals surface area contributed by atoms with Crippen molar-refractivity contribution in [1.82, 2.24) is 15.2 Å². The number of pyridine rings is 1. The van der Waals surface area contributed by atoms with E-state index in [2.05, 4.69) is 15.5 Å². The number of amides is 2. The number of nitrogens with zero attached hydrogens (tertiary/aromatic N) is 3. The Morgan fingerprint density at radius 2 is 1.93 bits per heavy atom. The van der Waals surface area contributed by atoms with Crippen LogP contribution in [-0.2, 0) is 16.2 Å². The van der Waals surface area contributed by atoms with Crippen molar-refractivity contribution in [2.45, 2.75) is 31.4 Å². The lowest BCUT2D eigenvalue weighted by atomic mass is 9.87. The van der Waals surface area contributed by atoms with E-state index in [9.17, 15) is 14.0 Å². The summed E-state index contributed by atoms with van der Waals surface area (Å²) in [5, 5.41) is 6.84. The Morgan fingerprint density at radius 1 is 1.17 bits per heavy atom. The molecule has 7 nitrogen and oxygen atoms in total. The standard InChI is InChI=1S/C21H21FN4O3/c22-17-4-2-16(3-5-17)20(28)26-11-1-8-21(14-26)12-18(25-29-21)19(27)24-13-15-6-9-23-10-7-15/h2-7,9-10H,1,8,11-14H2,(H,24,27)/t21-/m0/s1. The van der Waals surface area contributed by atoms with Crippen molar-refractivity contribution in [2.24, 2.45) is 5.16 Å². The Bertz CT molecular complexity index is 933. The highest BCUT2D eigenvalue weighted by atomic mass is 19.1. The Labute approximate surface area is 167 Å². The van der Waals surface area contributed by atoms with Gasteiger partial charge in [0, 0.05) is 37.5 Å². The fourth-order valence-electron chi connectivity index (χ4n) is 3.69. The van der Waals surface area contributed by atoms with E-state index < -0.39 is 5.60 Å². The number of piperidine rings is 1. The van der Waals surface area contributed by atoms with E-state index in [1.165, 1.54) is 24.3 Å². The van der Waals surface area contributed by atoms with E-state index in [-0.39, 0.29) is 17.6 Å². The van der Waals surface area contributed by atoms with Crippen LogP contribution in [0, 0.1) is 5.82 Å². The van der Waals surface area contributed by atoms with E-state index in [0.29, 0.717) is 43.8 Å². The summed E-state index contributed by atoms with van der Waals surface area (Å²) in [6.07, 6.45) is 5.14. The van der Waals surface area contributed by atoms with Gasteiger partial charge in [-0.15, -0.1) is 0 Å². The molecule has 4 rings (SSSR count). The fourth-order valence-corrected chi connectivity index (χ4v) is 3.69. The first-order valence-electron chi connectivity index (χ1n) is 9.52. The fraction of sp³-hybridized carbons (Fsp3) is 0.333. The van der Waals surface area contributed by atoms with Gasteiger partial charge in [-0.05, 0) is 54.8 Å². The molecule has 0 radical (unpaired) electrons. The van der Waals surface area contributed by atoms with Gasteiger partial charge in [0.2, 0.25) is 0 Å². The summed E-state index contributed by atoms with van der Waals surface area (Å²) >= 11 is 0. The van der Waals surface area contributed by atoms with Crippen LogP contribution >= 0.6 is 0 Å². The summed E-state index contributed by atoms with van der Waals surface area (Å²) in [4.78, 5) is 36.5. The van der Waals surface area contributed by atoms with E-state index in [0.717, 1.165) is 12.0 Å². The van der Waals surface area contributed by atoms with Crippen molar-refractivity contribution in [3.8, 4) is 0 Å². The number of likely N-dealkylation sites (tertiary alicyclic amines) is 1. The number of rotatable bonds is 4. The summed E-state index contributed by atoms with van der Waals surface area (Å²) in [5.74, 6) is -0.837. The lowest BCUT2D eigenvalue weighted by Crippen LogP contribution is -2.51. The molecule has 2 aliphatic heterocycles. The second kappa shape index (κ2) is 7.98. The molecule has 1 spiro atoms. The molecular weight excluding hydrogens is 375 g/mol. The van der Waals surface area contributed by atoms with Crippen molar-refractivity contribution in [3.63, 3.8) is 0 Å². The number of hydrogen-bond acceptors (Lipinski definition) is 5. The van der Waals surface area contributed by atoms with E-state index >= 15 is 0 Å². The van der Waals surface area contributed by atoms with Crippen LogP contribution < -0.4 is 5.32 Å². The van der Waals surface area contributed by atoms with Crippen LogP contribution in [0.4, 0.5) is 4.39 Å². The average molecular weight is 396 g/mol. The Balaban J connectivity index is 1.36. The summed E-state index contributed by atoms with van der Waals surface area (Å²) in [7, 11) is 0. The number of oxime groups is 1. The summed E-state index contributed by atoms with van der Waals surface area (Å²) in [5.41, 5.74) is 1.02. The molecule has 29 heavy (non-hydrogen) atoms. The number of hydrogen-bond donors (Lipinski definition) is 1. The molecule has 0 aliphatic carbocycles. The highest BCUT2D eigenvalue weighted by Gasteiger charge is 2.45. The van der Waals surface area contributed by atoms with Gasteiger partial charge < -0.3 is 15.1 Å². The number of aromatic nitrogens is 1. The minimum atomic E-state index is -0.683. The largest absolute Gasteiger partial charge is 0.386 e. The Morgan fingerprint density at radius 3 is 2.69 bits per heavy atom. The molecule has 2 aromatic rings. The maximum Gasteiger partial charge on any atom is 0.269 e. The summed E-state index contributed by atoms with van der Waals surface area (Å²) < 4.78 is 13.1. The van der Waals surface area contributed by atoms with E-state index in [1.54, 1.807) is 17.3 Å². The Kier molecular flexibility index (Phi) is 5.24. The lowest BCUT2D eigenvalue weighted by molar-refractivity contribution is -0.115. The maximum absolute atomic E-state index is 13.1. The third-order valence-electron chi connectivity index (χ3n) is 5.22. The third-order valence-corrected chi connectivity index (χ3v) is 5.22. The van der Waals surface area contributed by atoms with E-state index in [4.69, 9.17) is 4.84 Å². The molecule has 1 fully saturated rings. The lowest BCUT2D eigenvalue weighted by Gasteiger charge is -2.38. The van der Waals surface area contributed by atoms with Gasteiger partial charge in [-0.3, -0.25) is 14.6 Å². The third kappa shape index (κ3) is 4.26. The van der Waals surface area contributed by atoms with Gasteiger partial charge in [-0.25, -0.2) is 4.39 Å². The summed E-state index contributed by atoms with van der Waals surface area (Å²) in [6.45, 7) is 1.31. The molecule has 8 heteroatoms. The predicted molar refractivity (Wildman–Crippen MR) is 103 cm³/mol. The predicted octanol–water partition coefficient (Wildman–Crippen LogP) is 2.29. The highest BCUT2D eigenvalue weighted by molar-refractivity contribution is 6.39. The van der Waals surface area contributed by atoms with Crippen LogP contribution in [0.25, 0.3) is 0 Å². The van der Waals surface area contributed by atoms with Crippen molar-refractivity contribution in [3.05, 3.63) is 65.7 Å². The topological polar surface area (TPSA) is 83.9 Å². The van der Waals surface area contributed by atoms with Crippen LogP contribution in [-0.4, -0.2) is 46.1 Å². The van der Waals surface area contributed by atoms with Gasteiger partial charge in [-0.1, -0.05) is 5.16 Å². The maximum atomic E-state index is 13.1. The molecule has 1 N–H and O–H groups in total. The van der Waals surface area contributed by atoms with Crippen molar-refractivity contribution in [2.75, 3.05) is 13.1 Å². The van der Waals surface area contributed by atoms with Crippen LogP contribution in [0.2, 0.25) is 0 Å². The minimum Gasteiger partial charge on any atom is -0.386 e. The second-order valence-corrected chi connectivity index (χ2v) is 7.36. The molecule has 1 aromatic carbocycles. The van der Waals surface area contributed by atoms with Crippen LogP contribution in [0.15, 0.2) is 53.9 Å². The molecule has 0 unspecified atom stereocenters. The molecule has 3 heterocycles. The van der Waals surface area contributed by atoms with Gasteiger partial charge >= 0.3 is 0 Å². The van der Waals surface area contributed by atoms with Crippen molar-refractivity contribution in [1.29, 1.82) is 0 Å². The van der Waals surface area contributed by atoms with Gasteiger partial charge in [0.05, 0.1) is 6.54 Å². The normalized spacial score (nSPS) is 20.9. The zero-order chi connectivity index (χ0) is 20.3. The number of carbonyl (C=O) groups is 2. The average Bonchev–Trinajstić information content (AvgIpc) is 3.16. The highest BCUT2D eigenvalue weighted by Crippen LogP contribution is 2.34. The molecule has 0 saturated carbocycles. The van der Waals surface area contributed by atoms with E-state index in [1.807, 2.05) is 12.1 Å². The minimum absolute atomic E-state index is 0.178. The molecule has 2 amide bonds. The molecule has 150 valence electrons. The quantitative estimate of drug-likeness (QED) is 0.860. The van der Waals surface area contributed by atoms with Gasteiger partial charge in [-0.2, -0.15) is 0 Å². The number of nitrogens with one attached hydrogen (secondary N) is 1. The van der Waals surface area contributed by atoms with Gasteiger partial charge in [0.1, 0.15) is 11.5 Å². The number of halogens is 1. The molecule has 1 aromatic heterocycles. The van der Waals surface area contributed by atoms with Crippen LogP contribution in [0.1, 0.15) is 35.2 Å². The zero-order valence-corrected chi connectivity index (χ0v) is 15.8. The van der Waals surface area contributed by atoms with Gasteiger partial charge in [0.25, 0.3) is 11.8 Å². The molecule has 2 aliphatic rings. The SMILES string of the molecule is O=C(NCc1ccncc1)C1=NO[C@@]2(CCCN(C(=O)c3ccc(F)cc3)C2)C1. The van der Waals surface area contributed by atoms with Crippen molar-refractivity contribution < 1.29 is 18.8 Å². The molecule has 1 saturated heterocycles. The smallest absolute Gasteiger partial charge is 0.269 e. The number of carbonyl (C=O) groups excluding carboxylic acids is 2. The first kappa shape index (κ1) is 19.0. The number of benzene rings is 1. The zero-order valence-electron chi connectivity index (χ0n) is 15.8. The summed E-state index contributed by atoms with van der Waals surface area (Å²) in [6, 6.07) is 9.15. The first-order chi connectivity index (χ1) is 14.0. The Hall–Kier alpha value is -3.29. The van der Waals surface area contributed by atoms with Crippen LogP contribution in [0.3, 0.4) is 0 Å². The molecule has 0 bridgehead atoms. The monoisotopic (exact) mass is 396 g/mol. The second-order valence-electron chi connectivity index (χ2n) is 7.36. The van der Waals surface area contributed by atoms with Gasteiger partial charge in [0.15, 0.2) is 5.60 Å². The molecule has 1 atom stereocenters. The molecular formula is C21H21FN4O3. The van der Waals surface area contributed by atoms with Crippen molar-refractivity contribution >= 4 is 17.5 Å². The first-order valence-corrected chi connectivity index (χ1v) is 9.52. The van der Waals surface area contributed by atoms with Crippen LogP contribution in [0.5, 0.6) is 0 Å².